The molecule has 0 saturated heterocycles. The number of aryl methyl sites for hydroxylation is 2. The lowest BCUT2D eigenvalue weighted by molar-refractivity contribution is 0.474. The van der Waals surface area contributed by atoms with Gasteiger partial charge >= 0.3 is 0 Å². The largest absolute Gasteiger partial charge is 0.456 e. The first-order valence-electron chi connectivity index (χ1n) is 5.01. The summed E-state index contributed by atoms with van der Waals surface area (Å²) >= 11 is 0. The summed E-state index contributed by atoms with van der Waals surface area (Å²) in [5, 5.41) is 0. The van der Waals surface area contributed by atoms with Crippen LogP contribution in [0.2, 0.25) is 0 Å². The standard InChI is InChI=1S/C11H14N2O2/c1-8-4-5-10(14-8)11-13-7-9(15-11)3-2-6-12/h4-5,7H,2-3,6,12H2,1H3. The minimum atomic E-state index is 0.537. The predicted molar refractivity (Wildman–Crippen MR) is 56.3 cm³/mol. The van der Waals surface area contributed by atoms with Gasteiger partial charge in [-0.15, -0.1) is 0 Å². The van der Waals surface area contributed by atoms with Gasteiger partial charge in [0.1, 0.15) is 11.5 Å². The molecule has 0 spiro atoms. The normalized spacial score (nSPS) is 10.8. The Hall–Kier alpha value is -1.55. The van der Waals surface area contributed by atoms with Gasteiger partial charge in [0.25, 0.3) is 5.89 Å². The Bertz CT molecular complexity index is 431. The number of nitrogens with two attached hydrogens (primary N) is 1. The molecule has 0 aliphatic rings. The third-order valence-electron chi connectivity index (χ3n) is 2.13. The molecular formula is C11H14N2O2. The van der Waals surface area contributed by atoms with E-state index in [0.717, 1.165) is 24.4 Å². The summed E-state index contributed by atoms with van der Waals surface area (Å²) in [6.07, 6.45) is 3.46. The lowest BCUT2D eigenvalue weighted by Gasteiger charge is -1.92. The van der Waals surface area contributed by atoms with E-state index >= 15 is 0 Å². The molecule has 4 heteroatoms. The van der Waals surface area contributed by atoms with Crippen LogP contribution in [0.5, 0.6) is 0 Å². The maximum atomic E-state index is 5.52. The second kappa shape index (κ2) is 4.31. The first kappa shape index (κ1) is 9.98. The lowest BCUT2D eigenvalue weighted by Crippen LogP contribution is -1.99. The molecule has 0 aliphatic carbocycles. The van der Waals surface area contributed by atoms with Crippen molar-refractivity contribution in [3.8, 4) is 11.7 Å². The first-order valence-corrected chi connectivity index (χ1v) is 5.01. The molecule has 4 nitrogen and oxygen atoms in total. The van der Waals surface area contributed by atoms with Crippen LogP contribution in [-0.2, 0) is 6.42 Å². The summed E-state index contributed by atoms with van der Waals surface area (Å²) < 4.78 is 10.9. The Kier molecular flexibility index (Phi) is 2.87. The van der Waals surface area contributed by atoms with Crippen molar-refractivity contribution in [2.24, 2.45) is 5.73 Å². The monoisotopic (exact) mass is 206 g/mol. The molecule has 0 aromatic carbocycles. The van der Waals surface area contributed by atoms with Crippen molar-refractivity contribution >= 4 is 0 Å². The zero-order chi connectivity index (χ0) is 10.7. The van der Waals surface area contributed by atoms with Gasteiger partial charge in [-0.05, 0) is 32.0 Å². The zero-order valence-corrected chi connectivity index (χ0v) is 8.69. The Balaban J connectivity index is 2.13. The van der Waals surface area contributed by atoms with Gasteiger partial charge in [0, 0.05) is 6.42 Å². The van der Waals surface area contributed by atoms with E-state index in [4.69, 9.17) is 14.6 Å². The van der Waals surface area contributed by atoms with E-state index < -0.39 is 0 Å². The fraction of sp³-hybridized carbons (Fsp3) is 0.364. The van der Waals surface area contributed by atoms with Crippen molar-refractivity contribution in [3.63, 3.8) is 0 Å². The topological polar surface area (TPSA) is 65.2 Å². The van der Waals surface area contributed by atoms with E-state index in [1.807, 2.05) is 19.1 Å². The molecule has 0 unspecified atom stereocenters. The highest BCUT2D eigenvalue weighted by molar-refractivity contribution is 5.44. The quantitative estimate of drug-likeness (QED) is 0.832. The predicted octanol–water partition coefficient (Wildman–Crippen LogP) is 2.13. The van der Waals surface area contributed by atoms with E-state index in [-0.39, 0.29) is 0 Å². The molecule has 0 fully saturated rings. The third kappa shape index (κ3) is 2.27. The van der Waals surface area contributed by atoms with Crippen LogP contribution in [0.4, 0.5) is 0 Å². The smallest absolute Gasteiger partial charge is 0.262 e. The van der Waals surface area contributed by atoms with Gasteiger partial charge in [0.05, 0.1) is 6.20 Å². The van der Waals surface area contributed by atoms with Crippen molar-refractivity contribution < 1.29 is 8.83 Å². The van der Waals surface area contributed by atoms with Crippen LogP contribution in [0.3, 0.4) is 0 Å². The SMILES string of the molecule is Cc1ccc(-c2ncc(CCCN)o2)o1. The van der Waals surface area contributed by atoms with Crippen LogP contribution in [0, 0.1) is 6.92 Å². The average molecular weight is 206 g/mol. The molecule has 80 valence electrons. The van der Waals surface area contributed by atoms with Crippen LogP contribution in [0.25, 0.3) is 11.7 Å². The van der Waals surface area contributed by atoms with Crippen molar-refractivity contribution in [2.45, 2.75) is 19.8 Å². The zero-order valence-electron chi connectivity index (χ0n) is 8.69. The summed E-state index contributed by atoms with van der Waals surface area (Å²) in [7, 11) is 0. The van der Waals surface area contributed by atoms with Crippen LogP contribution < -0.4 is 5.73 Å². The highest BCUT2D eigenvalue weighted by Crippen LogP contribution is 2.21. The number of aromatic nitrogens is 1. The molecular weight excluding hydrogens is 192 g/mol. The molecule has 15 heavy (non-hydrogen) atoms. The fourth-order valence-corrected chi connectivity index (χ4v) is 1.36. The number of oxazole rings is 1. The van der Waals surface area contributed by atoms with Crippen molar-refractivity contribution in [2.75, 3.05) is 6.54 Å². The number of hydrogen-bond donors (Lipinski definition) is 1. The molecule has 2 N–H and O–H groups in total. The average Bonchev–Trinajstić information content (AvgIpc) is 2.83. The molecule has 0 radical (unpaired) electrons. The summed E-state index contributed by atoms with van der Waals surface area (Å²) in [4.78, 5) is 4.15. The van der Waals surface area contributed by atoms with Gasteiger partial charge in [0.2, 0.25) is 0 Å². The van der Waals surface area contributed by atoms with Gasteiger partial charge in [-0.25, -0.2) is 4.98 Å². The minimum absolute atomic E-state index is 0.537. The van der Waals surface area contributed by atoms with Gasteiger partial charge < -0.3 is 14.6 Å². The van der Waals surface area contributed by atoms with E-state index in [0.29, 0.717) is 18.2 Å². The Morgan fingerprint density at radius 2 is 2.20 bits per heavy atom. The van der Waals surface area contributed by atoms with Gasteiger partial charge in [-0.3, -0.25) is 0 Å². The number of furan rings is 1. The van der Waals surface area contributed by atoms with Gasteiger partial charge in [-0.1, -0.05) is 0 Å². The third-order valence-corrected chi connectivity index (χ3v) is 2.13. The molecule has 2 aromatic rings. The highest BCUT2D eigenvalue weighted by Gasteiger charge is 2.09. The molecule has 2 rings (SSSR count). The van der Waals surface area contributed by atoms with Crippen LogP contribution in [0.1, 0.15) is 17.9 Å². The van der Waals surface area contributed by atoms with E-state index in [9.17, 15) is 0 Å². The first-order chi connectivity index (χ1) is 7.29. The van der Waals surface area contributed by atoms with Crippen LogP contribution in [0.15, 0.2) is 27.2 Å². The fourth-order valence-electron chi connectivity index (χ4n) is 1.36. The minimum Gasteiger partial charge on any atom is -0.456 e. The highest BCUT2D eigenvalue weighted by atomic mass is 16.4. The summed E-state index contributed by atoms with van der Waals surface area (Å²) in [5.41, 5.74) is 5.42. The Labute approximate surface area is 88.1 Å². The molecule has 0 aliphatic heterocycles. The number of rotatable bonds is 4. The van der Waals surface area contributed by atoms with Crippen molar-refractivity contribution in [3.05, 3.63) is 29.9 Å². The van der Waals surface area contributed by atoms with E-state index in [1.165, 1.54) is 0 Å². The number of nitrogens with zero attached hydrogens (tertiary/aromatic N) is 1. The molecule has 0 saturated carbocycles. The summed E-state index contributed by atoms with van der Waals surface area (Å²) in [6, 6.07) is 3.74. The van der Waals surface area contributed by atoms with Gasteiger partial charge in [-0.2, -0.15) is 0 Å². The molecule has 2 aromatic heterocycles. The molecule has 0 bridgehead atoms. The van der Waals surface area contributed by atoms with Gasteiger partial charge in [0.15, 0.2) is 5.76 Å². The van der Waals surface area contributed by atoms with Crippen LogP contribution in [-0.4, -0.2) is 11.5 Å². The van der Waals surface area contributed by atoms with Crippen molar-refractivity contribution in [1.82, 2.24) is 4.98 Å². The van der Waals surface area contributed by atoms with Crippen molar-refractivity contribution in [1.29, 1.82) is 0 Å². The Morgan fingerprint density at radius 3 is 2.87 bits per heavy atom. The lowest BCUT2D eigenvalue weighted by atomic mass is 10.3. The second-order valence-corrected chi connectivity index (χ2v) is 3.43. The maximum Gasteiger partial charge on any atom is 0.262 e. The number of hydrogen-bond acceptors (Lipinski definition) is 4. The summed E-state index contributed by atoms with van der Waals surface area (Å²) in [5.74, 6) is 2.91. The molecule has 0 amide bonds. The maximum absolute atomic E-state index is 5.52. The van der Waals surface area contributed by atoms with Crippen LogP contribution >= 0.6 is 0 Å². The van der Waals surface area contributed by atoms with E-state index in [1.54, 1.807) is 6.20 Å². The molecule has 2 heterocycles. The second-order valence-electron chi connectivity index (χ2n) is 3.43. The van der Waals surface area contributed by atoms with E-state index in [2.05, 4.69) is 4.98 Å². The molecule has 0 atom stereocenters. The summed E-state index contributed by atoms with van der Waals surface area (Å²) in [6.45, 7) is 2.55. The Morgan fingerprint density at radius 1 is 1.33 bits per heavy atom.